The molecule has 1 unspecified atom stereocenters. The predicted molar refractivity (Wildman–Crippen MR) is 79.3 cm³/mol. The van der Waals surface area contributed by atoms with Crippen molar-refractivity contribution in [1.29, 1.82) is 0 Å². The number of hydrogen-bond donors (Lipinski definition) is 1. The van der Waals surface area contributed by atoms with Gasteiger partial charge in [-0.3, -0.25) is 0 Å². The first kappa shape index (κ1) is 13.7. The summed E-state index contributed by atoms with van der Waals surface area (Å²) >= 11 is 6.40. The van der Waals surface area contributed by atoms with E-state index in [0.717, 1.165) is 29.6 Å². The zero-order valence-electron chi connectivity index (χ0n) is 11.3. The summed E-state index contributed by atoms with van der Waals surface area (Å²) in [4.78, 5) is 2.42. The number of piperidine rings is 1. The Morgan fingerprint density at radius 3 is 2.89 bits per heavy atom. The van der Waals surface area contributed by atoms with Crippen LogP contribution in [0.4, 0.5) is 5.69 Å². The topological polar surface area (TPSA) is 29.3 Å². The van der Waals surface area contributed by atoms with Crippen LogP contribution in [-0.2, 0) is 0 Å². The molecule has 0 bridgehead atoms. The molecule has 1 aromatic carbocycles. The lowest BCUT2D eigenvalue weighted by molar-refractivity contribution is 0.405. The number of anilines is 1. The van der Waals surface area contributed by atoms with Crippen molar-refractivity contribution in [3.05, 3.63) is 28.8 Å². The van der Waals surface area contributed by atoms with Gasteiger partial charge in [0.2, 0.25) is 0 Å². The second kappa shape index (κ2) is 5.94. The molecule has 100 valence electrons. The zero-order valence-corrected chi connectivity index (χ0v) is 12.1. The Kier molecular flexibility index (Phi) is 4.52. The molecule has 1 aromatic rings. The van der Waals surface area contributed by atoms with Crippen LogP contribution in [0.3, 0.4) is 0 Å². The van der Waals surface area contributed by atoms with Crippen molar-refractivity contribution in [1.82, 2.24) is 0 Å². The van der Waals surface area contributed by atoms with E-state index in [9.17, 15) is 0 Å². The highest BCUT2D eigenvalue weighted by molar-refractivity contribution is 6.33. The van der Waals surface area contributed by atoms with Crippen molar-refractivity contribution in [2.75, 3.05) is 18.0 Å². The van der Waals surface area contributed by atoms with E-state index in [4.69, 9.17) is 17.3 Å². The number of benzene rings is 1. The van der Waals surface area contributed by atoms with Gasteiger partial charge in [0.25, 0.3) is 0 Å². The van der Waals surface area contributed by atoms with E-state index in [1.165, 1.54) is 24.9 Å². The summed E-state index contributed by atoms with van der Waals surface area (Å²) in [6.45, 7) is 6.51. The second-order valence-corrected chi connectivity index (χ2v) is 5.77. The monoisotopic (exact) mass is 266 g/mol. The SMILES string of the molecule is CCC1CCCN(c2ccc([C@@H](C)N)cc2Cl)C1. The van der Waals surface area contributed by atoms with E-state index in [-0.39, 0.29) is 6.04 Å². The second-order valence-electron chi connectivity index (χ2n) is 5.36. The molecule has 2 N–H and O–H groups in total. The molecule has 3 heteroatoms. The Labute approximate surface area is 115 Å². The van der Waals surface area contributed by atoms with Gasteiger partial charge in [0, 0.05) is 19.1 Å². The van der Waals surface area contributed by atoms with Gasteiger partial charge < -0.3 is 10.6 Å². The molecule has 1 heterocycles. The van der Waals surface area contributed by atoms with Crippen molar-refractivity contribution >= 4 is 17.3 Å². The average molecular weight is 267 g/mol. The van der Waals surface area contributed by atoms with Gasteiger partial charge in [0.1, 0.15) is 0 Å². The van der Waals surface area contributed by atoms with E-state index < -0.39 is 0 Å². The maximum Gasteiger partial charge on any atom is 0.0642 e. The molecule has 0 radical (unpaired) electrons. The van der Waals surface area contributed by atoms with Crippen LogP contribution in [0.5, 0.6) is 0 Å². The zero-order chi connectivity index (χ0) is 13.1. The first-order chi connectivity index (χ1) is 8.61. The highest BCUT2D eigenvalue weighted by atomic mass is 35.5. The van der Waals surface area contributed by atoms with Crippen LogP contribution in [0.1, 0.15) is 44.7 Å². The van der Waals surface area contributed by atoms with Crippen LogP contribution < -0.4 is 10.6 Å². The minimum absolute atomic E-state index is 0.0429. The van der Waals surface area contributed by atoms with Gasteiger partial charge in [-0.05, 0) is 43.4 Å². The molecule has 0 spiro atoms. The lowest BCUT2D eigenvalue weighted by atomic mass is 9.95. The maximum atomic E-state index is 6.40. The fraction of sp³-hybridized carbons (Fsp3) is 0.600. The Bertz CT molecular complexity index is 403. The molecule has 1 aliphatic rings. The van der Waals surface area contributed by atoms with E-state index >= 15 is 0 Å². The van der Waals surface area contributed by atoms with Crippen molar-refractivity contribution in [3.63, 3.8) is 0 Å². The Morgan fingerprint density at radius 1 is 1.50 bits per heavy atom. The van der Waals surface area contributed by atoms with E-state index in [1.54, 1.807) is 0 Å². The molecule has 1 saturated heterocycles. The Morgan fingerprint density at radius 2 is 2.28 bits per heavy atom. The fourth-order valence-electron chi connectivity index (χ4n) is 2.68. The molecule has 18 heavy (non-hydrogen) atoms. The molecule has 2 nitrogen and oxygen atoms in total. The van der Waals surface area contributed by atoms with Gasteiger partial charge in [-0.2, -0.15) is 0 Å². The maximum absolute atomic E-state index is 6.40. The highest BCUT2D eigenvalue weighted by Gasteiger charge is 2.20. The molecular formula is C15H23ClN2. The van der Waals surface area contributed by atoms with Crippen molar-refractivity contribution in [3.8, 4) is 0 Å². The van der Waals surface area contributed by atoms with Gasteiger partial charge in [-0.1, -0.05) is 31.0 Å². The summed E-state index contributed by atoms with van der Waals surface area (Å²) in [6, 6.07) is 6.28. The van der Waals surface area contributed by atoms with Crippen molar-refractivity contribution in [2.45, 2.75) is 39.2 Å². The van der Waals surface area contributed by atoms with Crippen molar-refractivity contribution < 1.29 is 0 Å². The van der Waals surface area contributed by atoms with Crippen LogP contribution >= 0.6 is 11.6 Å². The van der Waals surface area contributed by atoms with Crippen LogP contribution in [0.2, 0.25) is 5.02 Å². The van der Waals surface area contributed by atoms with E-state index in [1.807, 2.05) is 13.0 Å². The third-order valence-electron chi connectivity index (χ3n) is 3.93. The third-order valence-corrected chi connectivity index (χ3v) is 4.24. The summed E-state index contributed by atoms with van der Waals surface area (Å²) in [5.74, 6) is 0.808. The number of rotatable bonds is 3. The normalized spacial score (nSPS) is 22.0. The Balaban J connectivity index is 2.17. The van der Waals surface area contributed by atoms with E-state index in [0.29, 0.717) is 0 Å². The summed E-state index contributed by atoms with van der Waals surface area (Å²) < 4.78 is 0. The lowest BCUT2D eigenvalue weighted by Crippen LogP contribution is -2.35. The fourth-order valence-corrected chi connectivity index (χ4v) is 2.99. The molecular weight excluding hydrogens is 244 g/mol. The average Bonchev–Trinajstić information content (AvgIpc) is 2.38. The summed E-state index contributed by atoms with van der Waals surface area (Å²) in [6.07, 6.45) is 3.87. The smallest absolute Gasteiger partial charge is 0.0642 e. The minimum Gasteiger partial charge on any atom is -0.370 e. The molecule has 0 aliphatic carbocycles. The number of nitrogens with two attached hydrogens (primary N) is 1. The number of halogens is 1. The van der Waals surface area contributed by atoms with Gasteiger partial charge in [0.15, 0.2) is 0 Å². The standard InChI is InChI=1S/C15H23ClN2/c1-3-12-5-4-8-18(10-12)15-7-6-13(11(2)17)9-14(15)16/h6-7,9,11-12H,3-5,8,10,17H2,1-2H3/t11-,12?/m1/s1. The lowest BCUT2D eigenvalue weighted by Gasteiger charge is -2.34. The molecule has 1 fully saturated rings. The first-order valence-electron chi connectivity index (χ1n) is 6.91. The molecule has 0 amide bonds. The highest BCUT2D eigenvalue weighted by Crippen LogP contribution is 2.32. The van der Waals surface area contributed by atoms with Gasteiger partial charge in [-0.25, -0.2) is 0 Å². The van der Waals surface area contributed by atoms with Crippen LogP contribution in [-0.4, -0.2) is 13.1 Å². The minimum atomic E-state index is 0.0429. The quantitative estimate of drug-likeness (QED) is 0.896. The number of hydrogen-bond acceptors (Lipinski definition) is 2. The first-order valence-corrected chi connectivity index (χ1v) is 7.29. The largest absolute Gasteiger partial charge is 0.370 e. The molecule has 2 rings (SSSR count). The molecule has 0 saturated carbocycles. The van der Waals surface area contributed by atoms with Crippen molar-refractivity contribution in [2.24, 2.45) is 11.7 Å². The van der Waals surface area contributed by atoms with Gasteiger partial charge in [0.05, 0.1) is 10.7 Å². The number of nitrogens with zero attached hydrogens (tertiary/aromatic N) is 1. The van der Waals surface area contributed by atoms with Gasteiger partial charge in [-0.15, -0.1) is 0 Å². The molecule has 2 atom stereocenters. The predicted octanol–water partition coefficient (Wildman–Crippen LogP) is 3.99. The summed E-state index contributed by atoms with van der Waals surface area (Å²) in [5, 5.41) is 0.835. The molecule has 1 aliphatic heterocycles. The van der Waals surface area contributed by atoms with Crippen LogP contribution in [0.25, 0.3) is 0 Å². The van der Waals surface area contributed by atoms with Crippen LogP contribution in [0.15, 0.2) is 18.2 Å². The Hall–Kier alpha value is -0.730. The van der Waals surface area contributed by atoms with Gasteiger partial charge >= 0.3 is 0 Å². The third kappa shape index (κ3) is 2.99. The summed E-state index contributed by atoms with van der Waals surface area (Å²) in [7, 11) is 0. The molecule has 0 aromatic heterocycles. The summed E-state index contributed by atoms with van der Waals surface area (Å²) in [5.41, 5.74) is 8.15. The van der Waals surface area contributed by atoms with E-state index in [2.05, 4.69) is 24.0 Å². The van der Waals surface area contributed by atoms with Crippen LogP contribution in [0, 0.1) is 5.92 Å².